The van der Waals surface area contributed by atoms with Crippen molar-refractivity contribution in [1.82, 2.24) is 14.7 Å². The van der Waals surface area contributed by atoms with Crippen molar-refractivity contribution in [3.63, 3.8) is 0 Å². The Balaban J connectivity index is 1.27. The number of para-hydroxylation sites is 1. The summed E-state index contributed by atoms with van der Waals surface area (Å²) in [6.07, 6.45) is 1.53. The van der Waals surface area contributed by atoms with Crippen LogP contribution in [0.3, 0.4) is 0 Å². The monoisotopic (exact) mass is 420 g/mol. The molecule has 162 valence electrons. The van der Waals surface area contributed by atoms with Gasteiger partial charge in [-0.3, -0.25) is 19.3 Å². The van der Waals surface area contributed by atoms with Gasteiger partial charge in [-0.05, 0) is 36.2 Å². The van der Waals surface area contributed by atoms with E-state index in [0.717, 1.165) is 24.2 Å². The molecule has 2 aromatic rings. The van der Waals surface area contributed by atoms with E-state index in [9.17, 15) is 14.4 Å². The van der Waals surface area contributed by atoms with Gasteiger partial charge < -0.3 is 15.1 Å². The Kier molecular flexibility index (Phi) is 6.62. The first-order chi connectivity index (χ1) is 15.1. The van der Waals surface area contributed by atoms with E-state index < -0.39 is 0 Å². The second kappa shape index (κ2) is 9.75. The van der Waals surface area contributed by atoms with E-state index in [0.29, 0.717) is 51.3 Å². The first kappa shape index (κ1) is 21.1. The summed E-state index contributed by atoms with van der Waals surface area (Å²) in [5.74, 6) is 0.141. The number of likely N-dealkylation sites (tertiary alicyclic amines) is 1. The first-order valence-electron chi connectivity index (χ1n) is 10.8. The average Bonchev–Trinajstić information content (AvgIpc) is 3.19. The summed E-state index contributed by atoms with van der Waals surface area (Å²) in [6, 6.07) is 17.0. The largest absolute Gasteiger partial charge is 0.338 e. The number of hydrogen-bond acceptors (Lipinski definition) is 4. The van der Waals surface area contributed by atoms with Crippen molar-refractivity contribution in [2.24, 2.45) is 0 Å². The van der Waals surface area contributed by atoms with Gasteiger partial charge in [0.1, 0.15) is 0 Å². The summed E-state index contributed by atoms with van der Waals surface area (Å²) in [4.78, 5) is 42.9. The Bertz CT molecular complexity index is 939. The molecule has 0 aliphatic carbocycles. The van der Waals surface area contributed by atoms with Gasteiger partial charge in [-0.25, -0.2) is 0 Å². The molecule has 3 amide bonds. The van der Waals surface area contributed by atoms with Crippen LogP contribution in [0.25, 0.3) is 0 Å². The minimum atomic E-state index is -0.0462. The number of nitrogens with one attached hydrogen (secondary N) is 1. The molecule has 2 fully saturated rings. The molecule has 4 rings (SSSR count). The summed E-state index contributed by atoms with van der Waals surface area (Å²) in [5, 5.41) is 2.90. The molecule has 0 atom stereocenters. The molecule has 2 saturated heterocycles. The standard InChI is InChI=1S/C24H28N4O3/c29-22(25-21-8-2-1-3-9-21)18-26-12-14-27(15-13-26)24(31)20-7-4-6-19(16-20)17-28-11-5-10-23(28)30/h1-4,6-9,16H,5,10-15,17-18H2,(H,25,29). The van der Waals surface area contributed by atoms with E-state index in [1.54, 1.807) is 0 Å². The van der Waals surface area contributed by atoms with E-state index in [1.807, 2.05) is 64.4 Å². The lowest BCUT2D eigenvalue weighted by Crippen LogP contribution is -2.50. The molecule has 2 aromatic carbocycles. The number of carbonyl (C=O) groups excluding carboxylic acids is 3. The van der Waals surface area contributed by atoms with Crippen LogP contribution in [0, 0.1) is 0 Å². The van der Waals surface area contributed by atoms with Crippen LogP contribution in [0.5, 0.6) is 0 Å². The van der Waals surface area contributed by atoms with Crippen molar-refractivity contribution in [3.8, 4) is 0 Å². The number of benzene rings is 2. The third-order valence-electron chi connectivity index (χ3n) is 5.80. The smallest absolute Gasteiger partial charge is 0.253 e. The van der Waals surface area contributed by atoms with Crippen LogP contribution < -0.4 is 5.32 Å². The Hall–Kier alpha value is -3.19. The minimum Gasteiger partial charge on any atom is -0.338 e. The highest BCUT2D eigenvalue weighted by Gasteiger charge is 2.24. The zero-order valence-corrected chi connectivity index (χ0v) is 17.6. The fourth-order valence-corrected chi connectivity index (χ4v) is 4.11. The van der Waals surface area contributed by atoms with Crippen LogP contribution >= 0.6 is 0 Å². The predicted molar refractivity (Wildman–Crippen MR) is 119 cm³/mol. The molecular weight excluding hydrogens is 392 g/mol. The second-order valence-corrected chi connectivity index (χ2v) is 8.10. The molecule has 7 heteroatoms. The van der Waals surface area contributed by atoms with Crippen molar-refractivity contribution >= 4 is 23.4 Å². The number of piperazine rings is 1. The van der Waals surface area contributed by atoms with Crippen LogP contribution in [-0.2, 0) is 16.1 Å². The molecule has 2 heterocycles. The van der Waals surface area contributed by atoms with E-state index in [2.05, 4.69) is 10.2 Å². The second-order valence-electron chi connectivity index (χ2n) is 8.10. The summed E-state index contributed by atoms with van der Waals surface area (Å²) in [7, 11) is 0. The number of amides is 3. The van der Waals surface area contributed by atoms with Crippen LogP contribution in [-0.4, -0.2) is 71.7 Å². The molecule has 2 aliphatic rings. The minimum absolute atomic E-state index is 0.00276. The van der Waals surface area contributed by atoms with Gasteiger partial charge >= 0.3 is 0 Å². The molecule has 7 nitrogen and oxygen atoms in total. The van der Waals surface area contributed by atoms with E-state index >= 15 is 0 Å². The van der Waals surface area contributed by atoms with Gasteiger partial charge in [-0.1, -0.05) is 30.3 Å². The van der Waals surface area contributed by atoms with Gasteiger partial charge in [-0.15, -0.1) is 0 Å². The fraction of sp³-hybridized carbons (Fsp3) is 0.375. The van der Waals surface area contributed by atoms with Crippen LogP contribution in [0.1, 0.15) is 28.8 Å². The first-order valence-corrected chi connectivity index (χ1v) is 10.8. The maximum Gasteiger partial charge on any atom is 0.253 e. The highest BCUT2D eigenvalue weighted by atomic mass is 16.2. The summed E-state index contributed by atoms with van der Waals surface area (Å²) in [5.41, 5.74) is 2.42. The summed E-state index contributed by atoms with van der Waals surface area (Å²) < 4.78 is 0. The quantitative estimate of drug-likeness (QED) is 0.778. The van der Waals surface area contributed by atoms with Gasteiger partial charge in [-0.2, -0.15) is 0 Å². The van der Waals surface area contributed by atoms with Gasteiger partial charge in [0.05, 0.1) is 6.54 Å². The van der Waals surface area contributed by atoms with Crippen molar-refractivity contribution in [3.05, 3.63) is 65.7 Å². The summed E-state index contributed by atoms with van der Waals surface area (Å²) in [6.45, 7) is 4.17. The SMILES string of the molecule is O=C(CN1CCN(C(=O)c2cccc(CN3CCCC3=O)c2)CC1)Nc1ccccc1. The fourth-order valence-electron chi connectivity index (χ4n) is 4.11. The number of hydrogen-bond donors (Lipinski definition) is 1. The zero-order chi connectivity index (χ0) is 21.6. The van der Waals surface area contributed by atoms with Gasteiger partial charge in [0.15, 0.2) is 0 Å². The molecule has 1 N–H and O–H groups in total. The number of carbonyl (C=O) groups is 3. The Morgan fingerprint density at radius 3 is 2.39 bits per heavy atom. The Labute approximate surface area is 182 Å². The van der Waals surface area contributed by atoms with E-state index in [1.165, 1.54) is 0 Å². The number of anilines is 1. The lowest BCUT2D eigenvalue weighted by Gasteiger charge is -2.34. The lowest BCUT2D eigenvalue weighted by atomic mass is 10.1. The maximum atomic E-state index is 13.0. The molecule has 0 aromatic heterocycles. The number of rotatable bonds is 6. The van der Waals surface area contributed by atoms with Crippen LogP contribution in [0.15, 0.2) is 54.6 Å². The Morgan fingerprint density at radius 2 is 1.68 bits per heavy atom. The van der Waals surface area contributed by atoms with Crippen LogP contribution in [0.4, 0.5) is 5.69 Å². The van der Waals surface area contributed by atoms with Crippen LogP contribution in [0.2, 0.25) is 0 Å². The normalized spacial score (nSPS) is 17.1. The molecule has 0 bridgehead atoms. The van der Waals surface area contributed by atoms with Crippen molar-refractivity contribution in [1.29, 1.82) is 0 Å². The lowest BCUT2D eigenvalue weighted by molar-refractivity contribution is -0.128. The third-order valence-corrected chi connectivity index (χ3v) is 5.80. The average molecular weight is 421 g/mol. The molecule has 0 saturated carbocycles. The maximum absolute atomic E-state index is 13.0. The van der Waals surface area contributed by atoms with Crippen molar-refractivity contribution < 1.29 is 14.4 Å². The highest BCUT2D eigenvalue weighted by molar-refractivity contribution is 5.94. The van der Waals surface area contributed by atoms with Gasteiger partial charge in [0.2, 0.25) is 11.8 Å². The van der Waals surface area contributed by atoms with Gasteiger partial charge in [0.25, 0.3) is 5.91 Å². The van der Waals surface area contributed by atoms with Crippen molar-refractivity contribution in [2.75, 3.05) is 44.6 Å². The van der Waals surface area contributed by atoms with Gasteiger partial charge in [0, 0.05) is 56.9 Å². The van der Waals surface area contributed by atoms with Crippen molar-refractivity contribution in [2.45, 2.75) is 19.4 Å². The third kappa shape index (κ3) is 5.49. The number of nitrogens with zero attached hydrogens (tertiary/aromatic N) is 3. The van der Waals surface area contributed by atoms with E-state index in [-0.39, 0.29) is 17.7 Å². The molecule has 31 heavy (non-hydrogen) atoms. The molecular formula is C24H28N4O3. The predicted octanol–water partition coefficient (Wildman–Crippen LogP) is 2.21. The zero-order valence-electron chi connectivity index (χ0n) is 17.6. The van der Waals surface area contributed by atoms with E-state index in [4.69, 9.17) is 0 Å². The topological polar surface area (TPSA) is 73.0 Å². The molecule has 0 spiro atoms. The summed E-state index contributed by atoms with van der Waals surface area (Å²) >= 11 is 0. The Morgan fingerprint density at radius 1 is 0.903 bits per heavy atom. The molecule has 0 unspecified atom stereocenters. The molecule has 2 aliphatic heterocycles. The molecule has 0 radical (unpaired) electrons. The highest BCUT2D eigenvalue weighted by Crippen LogP contribution is 2.17.